The van der Waals surface area contributed by atoms with Crippen LogP contribution < -0.4 is 4.74 Å². The van der Waals surface area contributed by atoms with Crippen LogP contribution in [0.1, 0.15) is 10.4 Å². The van der Waals surface area contributed by atoms with Gasteiger partial charge in [0.1, 0.15) is 11.3 Å². The maximum atomic E-state index is 11.6. The van der Waals surface area contributed by atoms with E-state index in [9.17, 15) is 14.4 Å². The van der Waals surface area contributed by atoms with Crippen molar-refractivity contribution >= 4 is 17.9 Å². The zero-order valence-electron chi connectivity index (χ0n) is 9.45. The first-order chi connectivity index (χ1) is 8.54. The highest BCUT2D eigenvalue weighted by atomic mass is 16.6. The Bertz CT molecular complexity index is 503. The predicted octanol–water partition coefficient (Wildman–Crippen LogP) is 1.02. The molecular formula is C12H10O6. The van der Waals surface area contributed by atoms with Crippen molar-refractivity contribution in [2.45, 2.75) is 0 Å². The van der Waals surface area contributed by atoms with Crippen LogP contribution in [0.25, 0.3) is 0 Å². The molecule has 18 heavy (non-hydrogen) atoms. The van der Waals surface area contributed by atoms with E-state index in [1.165, 1.54) is 19.2 Å². The van der Waals surface area contributed by atoms with Crippen molar-refractivity contribution in [1.82, 2.24) is 0 Å². The summed E-state index contributed by atoms with van der Waals surface area (Å²) in [5, 5.41) is 8.30. The zero-order valence-corrected chi connectivity index (χ0v) is 9.45. The van der Waals surface area contributed by atoms with Gasteiger partial charge in [0.15, 0.2) is 0 Å². The highest BCUT2D eigenvalue weighted by Gasteiger charge is 2.15. The molecule has 0 aliphatic carbocycles. The average Bonchev–Trinajstić information content (AvgIpc) is 2.36. The molecule has 94 valence electrons. The number of benzene rings is 1. The van der Waals surface area contributed by atoms with Crippen LogP contribution in [0, 0.1) is 0 Å². The molecule has 0 heterocycles. The van der Waals surface area contributed by atoms with Gasteiger partial charge in [-0.05, 0) is 12.1 Å². The Hall–Kier alpha value is -2.63. The SMILES string of the molecule is COc1ccccc1C(=O)OC(=O)/C=C/C(=O)O. The zero-order chi connectivity index (χ0) is 13.5. The van der Waals surface area contributed by atoms with E-state index in [4.69, 9.17) is 9.84 Å². The molecule has 0 unspecified atom stereocenters. The van der Waals surface area contributed by atoms with Crippen molar-refractivity contribution in [3.8, 4) is 5.75 Å². The second-order valence-electron chi connectivity index (χ2n) is 3.08. The maximum absolute atomic E-state index is 11.6. The molecule has 0 aliphatic heterocycles. The number of hydrogen-bond acceptors (Lipinski definition) is 5. The van der Waals surface area contributed by atoms with E-state index in [2.05, 4.69) is 4.74 Å². The molecule has 0 bridgehead atoms. The Kier molecular flexibility index (Phi) is 4.62. The van der Waals surface area contributed by atoms with E-state index in [0.29, 0.717) is 12.2 Å². The topological polar surface area (TPSA) is 89.9 Å². The maximum Gasteiger partial charge on any atom is 0.349 e. The number of esters is 2. The molecular weight excluding hydrogens is 240 g/mol. The second kappa shape index (κ2) is 6.19. The third-order valence-corrected chi connectivity index (χ3v) is 1.88. The van der Waals surface area contributed by atoms with Crippen LogP contribution in [0.5, 0.6) is 5.75 Å². The fourth-order valence-electron chi connectivity index (χ4n) is 1.13. The molecule has 0 aromatic heterocycles. The number of carbonyl (C=O) groups is 3. The summed E-state index contributed by atoms with van der Waals surface area (Å²) in [7, 11) is 1.37. The van der Waals surface area contributed by atoms with Crippen molar-refractivity contribution in [2.24, 2.45) is 0 Å². The summed E-state index contributed by atoms with van der Waals surface area (Å²) in [5.74, 6) is -3.02. The first-order valence-electron chi connectivity index (χ1n) is 4.84. The molecule has 1 aromatic rings. The molecule has 0 fully saturated rings. The van der Waals surface area contributed by atoms with Gasteiger partial charge in [0.2, 0.25) is 0 Å². The number of carboxylic acid groups (broad SMARTS) is 1. The largest absolute Gasteiger partial charge is 0.496 e. The van der Waals surface area contributed by atoms with Crippen LogP contribution in [0.4, 0.5) is 0 Å². The van der Waals surface area contributed by atoms with Crippen molar-refractivity contribution in [1.29, 1.82) is 0 Å². The molecule has 1 rings (SSSR count). The van der Waals surface area contributed by atoms with Crippen molar-refractivity contribution in [3.63, 3.8) is 0 Å². The van der Waals surface area contributed by atoms with Crippen LogP contribution in [-0.4, -0.2) is 30.1 Å². The van der Waals surface area contributed by atoms with Crippen molar-refractivity contribution in [3.05, 3.63) is 42.0 Å². The minimum absolute atomic E-state index is 0.0806. The average molecular weight is 250 g/mol. The van der Waals surface area contributed by atoms with E-state index in [-0.39, 0.29) is 11.3 Å². The van der Waals surface area contributed by atoms with E-state index in [1.807, 2.05) is 0 Å². The van der Waals surface area contributed by atoms with Gasteiger partial charge in [0, 0.05) is 12.2 Å². The Labute approximate surface area is 102 Å². The molecule has 6 heteroatoms. The van der Waals surface area contributed by atoms with Gasteiger partial charge < -0.3 is 14.6 Å². The summed E-state index contributed by atoms with van der Waals surface area (Å²) in [4.78, 5) is 32.8. The monoisotopic (exact) mass is 250 g/mol. The number of ether oxygens (including phenoxy) is 2. The number of carbonyl (C=O) groups excluding carboxylic acids is 2. The van der Waals surface area contributed by atoms with E-state index < -0.39 is 17.9 Å². The second-order valence-corrected chi connectivity index (χ2v) is 3.08. The Morgan fingerprint density at radius 2 is 1.83 bits per heavy atom. The first kappa shape index (κ1) is 13.4. The summed E-state index contributed by atoms with van der Waals surface area (Å²) in [6, 6.07) is 6.20. The molecule has 0 saturated carbocycles. The summed E-state index contributed by atoms with van der Waals surface area (Å²) in [6.07, 6.45) is 1.23. The number of hydrogen-bond donors (Lipinski definition) is 1. The van der Waals surface area contributed by atoms with Crippen LogP contribution >= 0.6 is 0 Å². The van der Waals surface area contributed by atoms with Crippen LogP contribution in [0.2, 0.25) is 0 Å². The lowest BCUT2D eigenvalue weighted by molar-refractivity contribution is -0.134. The third kappa shape index (κ3) is 3.75. The molecule has 6 nitrogen and oxygen atoms in total. The molecule has 0 atom stereocenters. The Morgan fingerprint density at radius 1 is 1.17 bits per heavy atom. The fraction of sp³-hybridized carbons (Fsp3) is 0.0833. The van der Waals surface area contributed by atoms with Gasteiger partial charge in [-0.1, -0.05) is 12.1 Å². The lowest BCUT2D eigenvalue weighted by Crippen LogP contribution is -2.11. The molecule has 1 aromatic carbocycles. The summed E-state index contributed by atoms with van der Waals surface area (Å²) >= 11 is 0. The van der Waals surface area contributed by atoms with Gasteiger partial charge in [0.05, 0.1) is 7.11 Å². The van der Waals surface area contributed by atoms with Gasteiger partial charge in [-0.3, -0.25) is 0 Å². The summed E-state index contributed by atoms with van der Waals surface area (Å²) in [5.41, 5.74) is 0.0806. The van der Waals surface area contributed by atoms with Crippen LogP contribution in [0.15, 0.2) is 36.4 Å². The van der Waals surface area contributed by atoms with Crippen LogP contribution in [0.3, 0.4) is 0 Å². The van der Waals surface area contributed by atoms with Gasteiger partial charge >= 0.3 is 17.9 Å². The van der Waals surface area contributed by atoms with Gasteiger partial charge in [-0.15, -0.1) is 0 Å². The number of para-hydroxylation sites is 1. The molecule has 0 aliphatic rings. The molecule has 0 saturated heterocycles. The minimum atomic E-state index is -1.31. The highest BCUT2D eigenvalue weighted by Crippen LogP contribution is 2.18. The number of carboxylic acids is 1. The first-order valence-corrected chi connectivity index (χ1v) is 4.84. The van der Waals surface area contributed by atoms with E-state index in [1.54, 1.807) is 12.1 Å². The molecule has 0 spiro atoms. The van der Waals surface area contributed by atoms with Gasteiger partial charge in [-0.25, -0.2) is 14.4 Å². The number of methoxy groups -OCH3 is 1. The number of aliphatic carboxylic acids is 1. The predicted molar refractivity (Wildman–Crippen MR) is 60.2 cm³/mol. The fourth-order valence-corrected chi connectivity index (χ4v) is 1.13. The molecule has 1 N–H and O–H groups in total. The standard InChI is InChI=1S/C12H10O6/c1-17-9-5-3-2-4-8(9)12(16)18-11(15)7-6-10(13)14/h2-7H,1H3,(H,13,14)/b7-6+. The summed E-state index contributed by atoms with van der Waals surface area (Å²) in [6.45, 7) is 0. The highest BCUT2D eigenvalue weighted by molar-refractivity contribution is 6.02. The normalized spacial score (nSPS) is 10.1. The third-order valence-electron chi connectivity index (χ3n) is 1.88. The van der Waals surface area contributed by atoms with Crippen molar-refractivity contribution < 1.29 is 29.0 Å². The lowest BCUT2D eigenvalue weighted by Gasteiger charge is -2.05. The van der Waals surface area contributed by atoms with Crippen molar-refractivity contribution in [2.75, 3.05) is 7.11 Å². The van der Waals surface area contributed by atoms with Crippen LogP contribution in [-0.2, 0) is 14.3 Å². The van der Waals surface area contributed by atoms with E-state index in [0.717, 1.165) is 0 Å². The molecule has 0 amide bonds. The quantitative estimate of drug-likeness (QED) is 0.487. The minimum Gasteiger partial charge on any atom is -0.496 e. The molecule has 0 radical (unpaired) electrons. The van der Waals surface area contributed by atoms with E-state index >= 15 is 0 Å². The lowest BCUT2D eigenvalue weighted by atomic mass is 10.2. The summed E-state index contributed by atoms with van der Waals surface area (Å²) < 4.78 is 9.34. The van der Waals surface area contributed by atoms with Gasteiger partial charge in [0.25, 0.3) is 0 Å². The number of rotatable bonds is 4. The Balaban J connectivity index is 2.77. The Morgan fingerprint density at radius 3 is 2.44 bits per heavy atom. The van der Waals surface area contributed by atoms with Gasteiger partial charge in [-0.2, -0.15) is 0 Å². The smallest absolute Gasteiger partial charge is 0.349 e.